The van der Waals surface area contributed by atoms with E-state index in [2.05, 4.69) is 20.4 Å². The number of nitrogens with zero attached hydrogens (tertiary/aromatic N) is 3. The molecule has 3 N–H and O–H groups in total. The van der Waals surface area contributed by atoms with Gasteiger partial charge < -0.3 is 20.1 Å². The number of rotatable bonds is 6. The molecule has 7 heteroatoms. The van der Waals surface area contributed by atoms with Crippen LogP contribution >= 0.6 is 0 Å². The molecule has 0 aromatic carbocycles. The van der Waals surface area contributed by atoms with Gasteiger partial charge in [0.25, 0.3) is 0 Å². The van der Waals surface area contributed by atoms with Crippen molar-refractivity contribution in [2.45, 2.75) is 33.4 Å². The van der Waals surface area contributed by atoms with E-state index in [0.29, 0.717) is 48.0 Å². The predicted molar refractivity (Wildman–Crippen MR) is 71.0 cm³/mol. The van der Waals surface area contributed by atoms with E-state index >= 15 is 0 Å². The monoisotopic (exact) mass is 278 g/mol. The summed E-state index contributed by atoms with van der Waals surface area (Å²) in [6.07, 6.45) is 2.21. The van der Waals surface area contributed by atoms with Gasteiger partial charge in [-0.25, -0.2) is 0 Å². The highest BCUT2D eigenvalue weighted by Gasteiger charge is 2.11. The van der Waals surface area contributed by atoms with Gasteiger partial charge in [-0.15, -0.1) is 0 Å². The minimum atomic E-state index is -0.151. The average molecular weight is 278 g/mol. The Bertz CT molecular complexity index is 583. The molecule has 0 saturated heterocycles. The van der Waals surface area contributed by atoms with Gasteiger partial charge in [-0.1, -0.05) is 5.16 Å². The summed E-state index contributed by atoms with van der Waals surface area (Å²) in [6.45, 7) is 4.41. The van der Waals surface area contributed by atoms with Gasteiger partial charge in [0, 0.05) is 43.8 Å². The van der Waals surface area contributed by atoms with Crippen molar-refractivity contribution < 1.29 is 14.7 Å². The predicted octanol–water partition coefficient (Wildman–Crippen LogP) is 0.612. The summed E-state index contributed by atoms with van der Waals surface area (Å²) in [5.74, 6) is 1.32. The van der Waals surface area contributed by atoms with Crippen LogP contribution in [0.5, 0.6) is 5.75 Å². The molecule has 20 heavy (non-hydrogen) atoms. The van der Waals surface area contributed by atoms with Gasteiger partial charge in [0.15, 0.2) is 5.82 Å². The lowest BCUT2D eigenvalue weighted by molar-refractivity contribution is 0.278. The highest BCUT2D eigenvalue weighted by molar-refractivity contribution is 5.40. The Morgan fingerprint density at radius 3 is 2.80 bits per heavy atom. The van der Waals surface area contributed by atoms with Gasteiger partial charge in [0.05, 0.1) is 12.3 Å². The highest BCUT2D eigenvalue weighted by atomic mass is 16.5. The van der Waals surface area contributed by atoms with E-state index in [-0.39, 0.29) is 12.4 Å². The summed E-state index contributed by atoms with van der Waals surface area (Å²) < 4.78 is 4.88. The second-order valence-corrected chi connectivity index (χ2v) is 4.51. The fourth-order valence-corrected chi connectivity index (χ4v) is 1.87. The molecule has 0 bridgehead atoms. The van der Waals surface area contributed by atoms with E-state index < -0.39 is 0 Å². The molecule has 0 unspecified atom stereocenters. The second-order valence-electron chi connectivity index (χ2n) is 4.51. The highest BCUT2D eigenvalue weighted by Crippen LogP contribution is 2.23. The fourth-order valence-electron chi connectivity index (χ4n) is 1.87. The number of hydrogen-bond donors (Lipinski definition) is 3. The van der Waals surface area contributed by atoms with Crippen LogP contribution in [0.1, 0.15) is 28.5 Å². The normalized spacial score (nSPS) is 10.9. The van der Waals surface area contributed by atoms with Gasteiger partial charge in [0.2, 0.25) is 5.89 Å². The van der Waals surface area contributed by atoms with Crippen LogP contribution in [0.25, 0.3) is 0 Å². The molecule has 0 aliphatic heterocycles. The summed E-state index contributed by atoms with van der Waals surface area (Å²) in [5, 5.41) is 26.2. The zero-order chi connectivity index (χ0) is 14.5. The van der Waals surface area contributed by atoms with Crippen LogP contribution in [0.15, 0.2) is 10.7 Å². The lowest BCUT2D eigenvalue weighted by Crippen LogP contribution is -2.18. The van der Waals surface area contributed by atoms with E-state index in [1.165, 1.54) is 0 Å². The molecule has 108 valence electrons. The summed E-state index contributed by atoms with van der Waals surface area (Å²) in [6, 6.07) is 0. The maximum Gasteiger partial charge on any atom is 0.223 e. The first kappa shape index (κ1) is 14.4. The lowest BCUT2D eigenvalue weighted by Gasteiger charge is -2.11. The molecule has 7 nitrogen and oxygen atoms in total. The van der Waals surface area contributed by atoms with Gasteiger partial charge >= 0.3 is 0 Å². The van der Waals surface area contributed by atoms with Crippen molar-refractivity contribution in [3.05, 3.63) is 34.7 Å². The minimum Gasteiger partial charge on any atom is -0.506 e. The van der Waals surface area contributed by atoms with Crippen LogP contribution in [0.2, 0.25) is 0 Å². The third-order valence-corrected chi connectivity index (χ3v) is 3.00. The standard InChI is InChI=1S/C13H18N4O3/c1-8-13(19)11(10(7-18)5-15-8)6-14-4-3-12-16-9(2)20-17-12/h5,14,18-19H,3-4,6-7H2,1-2H3. The van der Waals surface area contributed by atoms with E-state index in [9.17, 15) is 10.2 Å². The first-order chi connectivity index (χ1) is 9.61. The molecule has 0 saturated carbocycles. The smallest absolute Gasteiger partial charge is 0.223 e. The van der Waals surface area contributed by atoms with E-state index in [0.717, 1.165) is 0 Å². The number of aliphatic hydroxyl groups excluding tert-OH is 1. The molecule has 2 rings (SSSR count). The maximum absolute atomic E-state index is 9.98. The Labute approximate surface area is 116 Å². The number of aryl methyl sites for hydroxylation is 2. The number of aromatic nitrogens is 3. The minimum absolute atomic E-state index is 0.124. The van der Waals surface area contributed by atoms with Gasteiger partial charge in [-0.3, -0.25) is 4.98 Å². The van der Waals surface area contributed by atoms with Crippen molar-refractivity contribution in [1.29, 1.82) is 0 Å². The molecule has 0 aliphatic rings. The number of nitrogens with one attached hydrogen (secondary N) is 1. The Morgan fingerprint density at radius 1 is 1.35 bits per heavy atom. The molecular weight excluding hydrogens is 260 g/mol. The molecule has 0 atom stereocenters. The number of pyridine rings is 1. The summed E-state index contributed by atoms with van der Waals surface area (Å²) >= 11 is 0. The number of aliphatic hydroxyl groups is 1. The third-order valence-electron chi connectivity index (χ3n) is 3.00. The molecule has 0 radical (unpaired) electrons. The van der Waals surface area contributed by atoms with Crippen LogP contribution in [-0.2, 0) is 19.6 Å². The Kier molecular flexibility index (Phi) is 4.65. The molecule has 2 heterocycles. The van der Waals surface area contributed by atoms with Gasteiger partial charge in [0.1, 0.15) is 5.75 Å². The van der Waals surface area contributed by atoms with Crippen molar-refractivity contribution in [2.24, 2.45) is 0 Å². The van der Waals surface area contributed by atoms with Crippen LogP contribution in [-0.4, -0.2) is 31.9 Å². The van der Waals surface area contributed by atoms with Crippen LogP contribution in [0.4, 0.5) is 0 Å². The van der Waals surface area contributed by atoms with Crippen LogP contribution < -0.4 is 5.32 Å². The van der Waals surface area contributed by atoms with Crippen molar-refractivity contribution in [3.8, 4) is 5.75 Å². The topological polar surface area (TPSA) is 104 Å². The summed E-state index contributed by atoms with van der Waals surface area (Å²) in [5.41, 5.74) is 1.84. The average Bonchev–Trinajstić information content (AvgIpc) is 2.85. The van der Waals surface area contributed by atoms with E-state index in [1.54, 1.807) is 20.0 Å². The Balaban J connectivity index is 1.92. The Morgan fingerprint density at radius 2 is 2.15 bits per heavy atom. The van der Waals surface area contributed by atoms with E-state index in [1.807, 2.05) is 0 Å². The molecule has 0 amide bonds. The molecule has 0 spiro atoms. The number of hydrogen-bond acceptors (Lipinski definition) is 7. The first-order valence-corrected chi connectivity index (χ1v) is 6.39. The first-order valence-electron chi connectivity index (χ1n) is 6.39. The zero-order valence-electron chi connectivity index (χ0n) is 11.6. The third kappa shape index (κ3) is 3.31. The molecule has 0 aliphatic carbocycles. The van der Waals surface area contributed by atoms with Gasteiger partial charge in [-0.05, 0) is 6.92 Å². The number of aromatic hydroxyl groups is 1. The SMILES string of the molecule is Cc1nc(CCNCc2c(CO)cnc(C)c2O)no1. The van der Waals surface area contributed by atoms with Gasteiger partial charge in [-0.2, -0.15) is 4.98 Å². The molecule has 0 fully saturated rings. The fraction of sp³-hybridized carbons (Fsp3) is 0.462. The van der Waals surface area contributed by atoms with Crippen molar-refractivity contribution in [3.63, 3.8) is 0 Å². The molecule has 2 aromatic rings. The van der Waals surface area contributed by atoms with E-state index in [4.69, 9.17) is 4.52 Å². The van der Waals surface area contributed by atoms with Crippen molar-refractivity contribution >= 4 is 0 Å². The van der Waals surface area contributed by atoms with Crippen molar-refractivity contribution in [1.82, 2.24) is 20.4 Å². The van der Waals surface area contributed by atoms with Crippen LogP contribution in [0, 0.1) is 13.8 Å². The second kappa shape index (κ2) is 6.44. The van der Waals surface area contributed by atoms with Crippen molar-refractivity contribution in [2.75, 3.05) is 6.54 Å². The van der Waals surface area contributed by atoms with Crippen LogP contribution in [0.3, 0.4) is 0 Å². The molecular formula is C13H18N4O3. The molecule has 2 aromatic heterocycles. The largest absolute Gasteiger partial charge is 0.506 e. The lowest BCUT2D eigenvalue weighted by atomic mass is 10.1. The summed E-state index contributed by atoms with van der Waals surface area (Å²) in [4.78, 5) is 8.12. The zero-order valence-corrected chi connectivity index (χ0v) is 11.6. The quantitative estimate of drug-likeness (QED) is 0.665. The summed E-state index contributed by atoms with van der Waals surface area (Å²) in [7, 11) is 0. The Hall–Kier alpha value is -1.99. The maximum atomic E-state index is 9.98.